The third kappa shape index (κ3) is 3.06. The minimum Gasteiger partial charge on any atom is -0.340 e. The summed E-state index contributed by atoms with van der Waals surface area (Å²) in [6.07, 6.45) is 1.35. The van der Waals surface area contributed by atoms with E-state index in [4.69, 9.17) is 0 Å². The molecule has 102 valence electrons. The van der Waals surface area contributed by atoms with Gasteiger partial charge in [-0.25, -0.2) is 4.98 Å². The van der Waals surface area contributed by atoms with E-state index < -0.39 is 19.8 Å². The number of halogens is 3. The largest absolute Gasteiger partial charge is 0.416 e. The fraction of sp³-hybridized carbons (Fsp3) is 0.308. The Hall–Kier alpha value is -1.56. The molecule has 0 aliphatic rings. The van der Waals surface area contributed by atoms with Crippen molar-refractivity contribution in [2.75, 3.05) is 0 Å². The van der Waals surface area contributed by atoms with Crippen LogP contribution in [0.5, 0.6) is 0 Å². The monoisotopic (exact) mass is 284 g/mol. The zero-order valence-electron chi connectivity index (χ0n) is 10.8. The molecule has 1 heterocycles. The third-order valence-electron chi connectivity index (χ3n) is 3.10. The molecule has 0 aliphatic heterocycles. The molecule has 0 N–H and O–H groups in total. The third-order valence-corrected chi connectivity index (χ3v) is 6.15. The molecule has 0 aliphatic carbocycles. The van der Waals surface area contributed by atoms with Crippen LogP contribution in [0.2, 0.25) is 13.1 Å². The highest BCUT2D eigenvalue weighted by Crippen LogP contribution is 2.29. The van der Waals surface area contributed by atoms with Gasteiger partial charge in [0, 0.05) is 18.6 Å². The van der Waals surface area contributed by atoms with Crippen LogP contribution in [0.25, 0.3) is 0 Å². The van der Waals surface area contributed by atoms with E-state index in [-0.39, 0.29) is 0 Å². The first-order valence-corrected chi connectivity index (χ1v) is 9.14. The van der Waals surface area contributed by atoms with Gasteiger partial charge in [0.2, 0.25) is 0 Å². The van der Waals surface area contributed by atoms with Crippen LogP contribution >= 0.6 is 0 Å². The van der Waals surface area contributed by atoms with Gasteiger partial charge in [0.05, 0.1) is 11.9 Å². The summed E-state index contributed by atoms with van der Waals surface area (Å²) in [5.41, 5.74) is -0.508. The van der Waals surface area contributed by atoms with E-state index in [1.807, 2.05) is 17.7 Å². The van der Waals surface area contributed by atoms with Crippen molar-refractivity contribution >= 4 is 13.3 Å². The molecule has 19 heavy (non-hydrogen) atoms. The summed E-state index contributed by atoms with van der Waals surface area (Å²) in [4.78, 5) is 3.93. The van der Waals surface area contributed by atoms with Gasteiger partial charge < -0.3 is 4.57 Å². The highest BCUT2D eigenvalue weighted by Gasteiger charge is 2.38. The molecule has 0 unspecified atom stereocenters. The maximum atomic E-state index is 13.1. The molecule has 0 bridgehead atoms. The fourth-order valence-electron chi connectivity index (χ4n) is 2.24. The normalized spacial score (nSPS) is 12.7. The zero-order chi connectivity index (χ0) is 14.1. The second-order valence-electron chi connectivity index (χ2n) is 5.16. The van der Waals surface area contributed by atoms with Crippen LogP contribution in [-0.4, -0.2) is 17.6 Å². The minimum absolute atomic E-state index is 0.441. The first-order valence-electron chi connectivity index (χ1n) is 5.93. The zero-order valence-corrected chi connectivity index (χ0v) is 11.8. The van der Waals surface area contributed by atoms with Crippen LogP contribution in [0, 0.1) is 0 Å². The lowest BCUT2D eigenvalue weighted by atomic mass is 10.2. The molecule has 2 rings (SSSR count). The van der Waals surface area contributed by atoms with E-state index >= 15 is 0 Å². The van der Waals surface area contributed by atoms with Crippen molar-refractivity contribution in [3.63, 3.8) is 0 Å². The molecular formula is C13H15F3N2Si. The van der Waals surface area contributed by atoms with Crippen molar-refractivity contribution in [3.05, 3.63) is 48.5 Å². The van der Waals surface area contributed by atoms with Gasteiger partial charge in [0.25, 0.3) is 0 Å². The summed E-state index contributed by atoms with van der Waals surface area (Å²) in [5, 5.41) is 0.441. The van der Waals surface area contributed by atoms with Gasteiger partial charge in [-0.2, -0.15) is 13.2 Å². The van der Waals surface area contributed by atoms with Gasteiger partial charge in [0.1, 0.15) is 8.07 Å². The average Bonchev–Trinajstić information content (AvgIpc) is 2.80. The highest BCUT2D eigenvalue weighted by molar-refractivity contribution is 6.89. The summed E-state index contributed by atoms with van der Waals surface area (Å²) in [5.74, 6) is 0. The van der Waals surface area contributed by atoms with Crippen LogP contribution in [0.1, 0.15) is 5.56 Å². The van der Waals surface area contributed by atoms with Gasteiger partial charge in [-0.05, 0) is 5.19 Å². The molecule has 2 aromatic rings. The molecule has 0 atom stereocenters. The Morgan fingerprint density at radius 1 is 1.21 bits per heavy atom. The van der Waals surface area contributed by atoms with Crippen LogP contribution in [0.4, 0.5) is 13.2 Å². The van der Waals surface area contributed by atoms with Crippen LogP contribution in [0.15, 0.2) is 43.0 Å². The number of hydrogen-bond donors (Lipinski definition) is 0. The Labute approximate surface area is 110 Å². The molecule has 0 spiro atoms. The fourth-order valence-corrected chi connectivity index (χ4v) is 5.01. The Kier molecular flexibility index (Phi) is 3.53. The summed E-state index contributed by atoms with van der Waals surface area (Å²) < 4.78 is 41.0. The van der Waals surface area contributed by atoms with E-state index in [1.54, 1.807) is 30.9 Å². The molecule has 0 amide bonds. The highest BCUT2D eigenvalue weighted by atomic mass is 28.3. The lowest BCUT2D eigenvalue weighted by molar-refractivity contribution is -0.136. The van der Waals surface area contributed by atoms with Crippen LogP contribution in [-0.2, 0) is 12.3 Å². The number of alkyl halides is 3. The van der Waals surface area contributed by atoms with Crippen molar-refractivity contribution in [3.8, 4) is 0 Å². The van der Waals surface area contributed by atoms with E-state index in [9.17, 15) is 13.2 Å². The second kappa shape index (κ2) is 4.84. The van der Waals surface area contributed by atoms with Gasteiger partial charge in [0.15, 0.2) is 0 Å². The molecule has 6 heteroatoms. The van der Waals surface area contributed by atoms with Crippen LogP contribution < -0.4 is 5.19 Å². The number of benzene rings is 1. The molecule has 2 nitrogen and oxygen atoms in total. The van der Waals surface area contributed by atoms with Crippen molar-refractivity contribution in [2.45, 2.75) is 25.4 Å². The molecule has 0 saturated carbocycles. The maximum absolute atomic E-state index is 13.1. The first kappa shape index (κ1) is 13.9. The lowest BCUT2D eigenvalue weighted by Crippen LogP contribution is -2.48. The summed E-state index contributed by atoms with van der Waals surface area (Å²) >= 11 is 0. The van der Waals surface area contributed by atoms with E-state index in [0.717, 1.165) is 6.07 Å². The predicted molar refractivity (Wildman–Crippen MR) is 70.8 cm³/mol. The van der Waals surface area contributed by atoms with Crippen molar-refractivity contribution in [2.24, 2.45) is 0 Å². The Balaban J connectivity index is 2.40. The van der Waals surface area contributed by atoms with Gasteiger partial charge in [-0.3, -0.25) is 0 Å². The standard InChI is InChI=1S/C13H15F3N2Si/c1-19(2,10-18-8-7-17-9-18)12-6-4-3-5-11(12)13(14,15)16/h3-9H,10H2,1-2H3. The number of rotatable bonds is 3. The summed E-state index contributed by atoms with van der Waals surface area (Å²) in [7, 11) is -2.24. The predicted octanol–water partition coefficient (Wildman–Crippen LogP) is 3.06. The topological polar surface area (TPSA) is 17.8 Å². The van der Waals surface area contributed by atoms with Crippen molar-refractivity contribution < 1.29 is 13.2 Å². The van der Waals surface area contributed by atoms with Crippen LogP contribution in [0.3, 0.4) is 0 Å². The van der Waals surface area contributed by atoms with Crippen molar-refractivity contribution in [1.29, 1.82) is 0 Å². The lowest BCUT2D eigenvalue weighted by Gasteiger charge is -2.26. The Morgan fingerprint density at radius 3 is 2.47 bits per heavy atom. The van der Waals surface area contributed by atoms with Gasteiger partial charge >= 0.3 is 6.18 Å². The Bertz CT molecular complexity index is 547. The maximum Gasteiger partial charge on any atom is 0.416 e. The van der Waals surface area contributed by atoms with E-state index in [0.29, 0.717) is 11.4 Å². The SMILES string of the molecule is C[Si](C)(Cn1ccnc1)c1ccccc1C(F)(F)F. The molecule has 0 saturated heterocycles. The number of imidazole rings is 1. The van der Waals surface area contributed by atoms with Gasteiger partial charge in [-0.1, -0.05) is 37.4 Å². The van der Waals surface area contributed by atoms with E-state index in [1.165, 1.54) is 6.07 Å². The van der Waals surface area contributed by atoms with Crippen molar-refractivity contribution in [1.82, 2.24) is 9.55 Å². The number of nitrogens with zero attached hydrogens (tertiary/aromatic N) is 2. The van der Waals surface area contributed by atoms with E-state index in [2.05, 4.69) is 4.98 Å². The smallest absolute Gasteiger partial charge is 0.340 e. The molecule has 1 aromatic carbocycles. The quantitative estimate of drug-likeness (QED) is 0.792. The number of aromatic nitrogens is 2. The molecule has 0 radical (unpaired) electrons. The second-order valence-corrected chi connectivity index (χ2v) is 9.78. The first-order chi connectivity index (χ1) is 8.81. The summed E-state index contributed by atoms with van der Waals surface area (Å²) in [6, 6.07) is 5.88. The molecular weight excluding hydrogens is 269 g/mol. The molecule has 1 aromatic heterocycles. The number of hydrogen-bond acceptors (Lipinski definition) is 1. The Morgan fingerprint density at radius 2 is 1.89 bits per heavy atom. The molecule has 0 fully saturated rings. The summed E-state index contributed by atoms with van der Waals surface area (Å²) in [6.45, 7) is 3.88. The minimum atomic E-state index is -4.30. The van der Waals surface area contributed by atoms with Gasteiger partial charge in [-0.15, -0.1) is 0 Å². The average molecular weight is 284 g/mol.